The number of hydrogen-bond acceptors (Lipinski definition) is 4. The van der Waals surface area contributed by atoms with Crippen LogP contribution in [-0.2, 0) is 0 Å². The number of aromatic hydroxyl groups is 1. The summed E-state index contributed by atoms with van der Waals surface area (Å²) in [5, 5.41) is 11.0. The van der Waals surface area contributed by atoms with Crippen molar-refractivity contribution in [2.75, 3.05) is 14.2 Å². The van der Waals surface area contributed by atoms with E-state index in [1.807, 2.05) is 18.2 Å². The topological polar surface area (TPSA) is 66.8 Å². The first-order valence-electron chi connectivity index (χ1n) is 6.88. The van der Waals surface area contributed by atoms with Crippen LogP contribution in [0.3, 0.4) is 0 Å². The van der Waals surface area contributed by atoms with Gasteiger partial charge in [-0.3, -0.25) is 4.99 Å². The number of fused-ring (bicyclic) bond motifs is 1. The largest absolute Gasteiger partial charge is 0.497 e. The van der Waals surface area contributed by atoms with Gasteiger partial charge in [0, 0.05) is 27.7 Å². The van der Waals surface area contributed by atoms with Gasteiger partial charge < -0.3 is 19.6 Å². The Morgan fingerprint density at radius 2 is 1.96 bits per heavy atom. The lowest BCUT2D eigenvalue weighted by Crippen LogP contribution is -1.87. The van der Waals surface area contributed by atoms with E-state index < -0.39 is 0 Å². The number of H-pyrrole nitrogens is 1. The second-order valence-electron chi connectivity index (χ2n) is 4.87. The van der Waals surface area contributed by atoms with Gasteiger partial charge in [0.05, 0.1) is 19.8 Å². The van der Waals surface area contributed by atoms with E-state index in [4.69, 9.17) is 9.47 Å². The maximum Gasteiger partial charge on any atom is 0.198 e. The van der Waals surface area contributed by atoms with E-state index >= 15 is 0 Å². The Kier molecular flexibility index (Phi) is 4.25. The molecule has 1 aromatic heterocycles. The Morgan fingerprint density at radius 3 is 2.70 bits per heavy atom. The van der Waals surface area contributed by atoms with Crippen LogP contribution in [0.15, 0.2) is 45.9 Å². The lowest BCUT2D eigenvalue weighted by atomic mass is 10.2. The first-order valence-corrected chi connectivity index (χ1v) is 7.68. The number of methoxy groups -OCH3 is 2. The third-order valence-electron chi connectivity index (χ3n) is 3.50. The van der Waals surface area contributed by atoms with Gasteiger partial charge in [-0.05, 0) is 30.3 Å². The van der Waals surface area contributed by atoms with Crippen molar-refractivity contribution in [3.05, 3.63) is 46.4 Å². The highest BCUT2D eigenvalue weighted by atomic mass is 79.9. The van der Waals surface area contributed by atoms with Crippen molar-refractivity contribution in [2.24, 2.45) is 4.99 Å². The van der Waals surface area contributed by atoms with Gasteiger partial charge in [-0.25, -0.2) is 0 Å². The number of hydrogen-bond donors (Lipinski definition) is 2. The Balaban J connectivity index is 2.03. The van der Waals surface area contributed by atoms with Crippen LogP contribution >= 0.6 is 15.9 Å². The minimum absolute atomic E-state index is 0.0781. The van der Waals surface area contributed by atoms with E-state index in [9.17, 15) is 5.11 Å². The third-order valence-corrected chi connectivity index (χ3v) is 3.99. The Morgan fingerprint density at radius 1 is 1.13 bits per heavy atom. The van der Waals surface area contributed by atoms with E-state index in [2.05, 4.69) is 25.9 Å². The summed E-state index contributed by atoms with van der Waals surface area (Å²) >= 11 is 3.44. The monoisotopic (exact) mass is 374 g/mol. The maximum absolute atomic E-state index is 10.1. The molecule has 6 heteroatoms. The van der Waals surface area contributed by atoms with Gasteiger partial charge in [-0.15, -0.1) is 0 Å². The molecule has 0 unspecified atom stereocenters. The average Bonchev–Trinajstić information content (AvgIpc) is 2.87. The molecule has 0 fully saturated rings. The van der Waals surface area contributed by atoms with E-state index in [1.54, 1.807) is 38.6 Å². The molecule has 2 aromatic carbocycles. The second-order valence-corrected chi connectivity index (χ2v) is 5.79. The van der Waals surface area contributed by atoms with Gasteiger partial charge in [-0.2, -0.15) is 0 Å². The van der Waals surface area contributed by atoms with Gasteiger partial charge in [-0.1, -0.05) is 15.9 Å². The second kappa shape index (κ2) is 6.34. The number of aromatic nitrogens is 1. The van der Waals surface area contributed by atoms with Crippen molar-refractivity contribution in [1.82, 2.24) is 4.98 Å². The number of ether oxygens (including phenoxy) is 2. The van der Waals surface area contributed by atoms with Crippen LogP contribution < -0.4 is 9.47 Å². The van der Waals surface area contributed by atoms with Crippen LogP contribution in [0.4, 0.5) is 5.69 Å². The number of rotatable bonds is 4. The molecule has 0 spiro atoms. The fourth-order valence-electron chi connectivity index (χ4n) is 2.33. The highest BCUT2D eigenvalue weighted by molar-refractivity contribution is 9.10. The van der Waals surface area contributed by atoms with Crippen molar-refractivity contribution in [2.45, 2.75) is 0 Å². The SMILES string of the molecule is COc1ccc(N=Cc2c(O)[nH]c3ccc(Br)cc23)c(OC)c1. The zero-order chi connectivity index (χ0) is 16.4. The molecule has 0 aliphatic heterocycles. The molecule has 5 nitrogen and oxygen atoms in total. The standard InChI is InChI=1S/C17H15BrN2O3/c1-22-11-4-6-15(16(8-11)23-2)19-9-13-12-7-10(18)3-5-14(12)20-17(13)21/h3-9,20-21H,1-2H3. The van der Waals surface area contributed by atoms with E-state index in [0.29, 0.717) is 22.7 Å². The molecule has 2 N–H and O–H groups in total. The van der Waals surface area contributed by atoms with Crippen molar-refractivity contribution >= 4 is 38.7 Å². The highest BCUT2D eigenvalue weighted by Crippen LogP contribution is 2.33. The average molecular weight is 375 g/mol. The highest BCUT2D eigenvalue weighted by Gasteiger charge is 2.10. The molecule has 0 saturated heterocycles. The minimum Gasteiger partial charge on any atom is -0.497 e. The smallest absolute Gasteiger partial charge is 0.198 e. The van der Waals surface area contributed by atoms with Gasteiger partial charge in [0.25, 0.3) is 0 Å². The van der Waals surface area contributed by atoms with E-state index in [-0.39, 0.29) is 5.88 Å². The number of nitrogens with zero attached hydrogens (tertiary/aromatic N) is 1. The van der Waals surface area contributed by atoms with E-state index in [0.717, 1.165) is 15.4 Å². The first-order chi connectivity index (χ1) is 11.1. The van der Waals surface area contributed by atoms with Gasteiger partial charge >= 0.3 is 0 Å². The summed E-state index contributed by atoms with van der Waals surface area (Å²) < 4.78 is 11.4. The molecule has 1 heterocycles. The molecule has 0 radical (unpaired) electrons. The van der Waals surface area contributed by atoms with Crippen molar-refractivity contribution in [1.29, 1.82) is 0 Å². The molecule has 0 amide bonds. The number of benzene rings is 2. The molecule has 3 rings (SSSR count). The van der Waals surface area contributed by atoms with Crippen molar-refractivity contribution in [3.63, 3.8) is 0 Å². The zero-order valence-electron chi connectivity index (χ0n) is 12.6. The van der Waals surface area contributed by atoms with Crippen LogP contribution in [0.1, 0.15) is 5.56 Å². The number of nitrogens with one attached hydrogen (secondary N) is 1. The summed E-state index contributed by atoms with van der Waals surface area (Å²) in [6.07, 6.45) is 1.62. The number of halogens is 1. The van der Waals surface area contributed by atoms with Crippen LogP contribution in [0, 0.1) is 0 Å². The predicted octanol–water partition coefficient (Wildman–Crippen LogP) is 4.40. The summed E-state index contributed by atoms with van der Waals surface area (Å²) in [4.78, 5) is 7.36. The number of aliphatic imine (C=N–C) groups is 1. The molecule has 0 bridgehead atoms. The van der Waals surface area contributed by atoms with Crippen LogP contribution in [0.25, 0.3) is 10.9 Å². The summed E-state index contributed by atoms with van der Waals surface area (Å²) in [5.41, 5.74) is 2.12. The molecule has 0 aliphatic rings. The summed E-state index contributed by atoms with van der Waals surface area (Å²) in [6, 6.07) is 11.1. The van der Waals surface area contributed by atoms with Gasteiger partial charge in [0.15, 0.2) is 5.88 Å². The van der Waals surface area contributed by atoms with Crippen LogP contribution in [0.2, 0.25) is 0 Å². The Bertz CT molecular complexity index is 887. The third kappa shape index (κ3) is 3.03. The molecule has 118 valence electrons. The number of aromatic amines is 1. The Hall–Kier alpha value is -2.47. The zero-order valence-corrected chi connectivity index (χ0v) is 14.2. The molecule has 23 heavy (non-hydrogen) atoms. The normalized spacial score (nSPS) is 11.3. The Labute approximate surface area is 141 Å². The predicted molar refractivity (Wildman–Crippen MR) is 94.5 cm³/mol. The lowest BCUT2D eigenvalue weighted by molar-refractivity contribution is 0.395. The molecular weight excluding hydrogens is 360 g/mol. The summed E-state index contributed by atoms with van der Waals surface area (Å²) in [6.45, 7) is 0. The van der Waals surface area contributed by atoms with E-state index in [1.165, 1.54) is 0 Å². The van der Waals surface area contributed by atoms with Gasteiger partial charge in [0.2, 0.25) is 0 Å². The minimum atomic E-state index is 0.0781. The molecule has 0 atom stereocenters. The summed E-state index contributed by atoms with van der Waals surface area (Å²) in [7, 11) is 3.17. The van der Waals surface area contributed by atoms with Crippen LogP contribution in [0.5, 0.6) is 17.4 Å². The fourth-order valence-corrected chi connectivity index (χ4v) is 2.69. The van der Waals surface area contributed by atoms with Gasteiger partial charge in [0.1, 0.15) is 17.2 Å². The first kappa shape index (κ1) is 15.4. The molecule has 3 aromatic rings. The lowest BCUT2D eigenvalue weighted by Gasteiger charge is -2.06. The molecule has 0 saturated carbocycles. The van der Waals surface area contributed by atoms with Crippen molar-refractivity contribution < 1.29 is 14.6 Å². The summed E-state index contributed by atoms with van der Waals surface area (Å²) in [5.74, 6) is 1.37. The fraction of sp³-hybridized carbons (Fsp3) is 0.118. The van der Waals surface area contributed by atoms with Crippen LogP contribution in [-0.4, -0.2) is 30.5 Å². The molecular formula is C17H15BrN2O3. The maximum atomic E-state index is 10.1. The molecule has 0 aliphatic carbocycles. The van der Waals surface area contributed by atoms with Crippen molar-refractivity contribution in [3.8, 4) is 17.4 Å². The quantitative estimate of drug-likeness (QED) is 0.664.